The first kappa shape index (κ1) is 12.7. The van der Waals surface area contributed by atoms with Crippen molar-refractivity contribution in [2.24, 2.45) is 0 Å². The molecule has 0 bridgehead atoms. The molecule has 0 aliphatic rings. The maximum Gasteiger partial charge on any atom is 0.0702 e. The average Bonchev–Trinajstić information content (AvgIpc) is 2.69. The van der Waals surface area contributed by atoms with E-state index in [1.165, 1.54) is 11.3 Å². The number of benzene rings is 1. The number of aliphatic hydroxyl groups excluding tert-OH is 1. The summed E-state index contributed by atoms with van der Waals surface area (Å²) in [6, 6.07) is 12.4. The topological polar surface area (TPSA) is 25.2 Å². The van der Waals surface area contributed by atoms with Gasteiger partial charge in [0.25, 0.3) is 0 Å². The Morgan fingerprint density at radius 3 is 2.56 bits per heavy atom. The molecule has 0 amide bonds. The van der Waals surface area contributed by atoms with Crippen LogP contribution in [-0.4, -0.2) is 9.67 Å². The molecular weight excluding hydrogens is 222 g/mol. The number of hydrogen-bond acceptors (Lipinski definition) is 1. The SMILES string of the molecule is C/C=C\c1c(CO)cc(C)n1Cc1ccccc1. The normalized spacial score (nSPS) is 11.3. The summed E-state index contributed by atoms with van der Waals surface area (Å²) in [5.41, 5.74) is 4.53. The van der Waals surface area contributed by atoms with Gasteiger partial charge in [-0.15, -0.1) is 0 Å². The van der Waals surface area contributed by atoms with Gasteiger partial charge in [-0.05, 0) is 31.6 Å². The second kappa shape index (κ2) is 5.69. The van der Waals surface area contributed by atoms with Crippen LogP contribution in [0, 0.1) is 6.92 Å². The summed E-state index contributed by atoms with van der Waals surface area (Å²) in [4.78, 5) is 0. The number of allylic oxidation sites excluding steroid dienone is 1. The number of nitrogens with zero attached hydrogens (tertiary/aromatic N) is 1. The van der Waals surface area contributed by atoms with Crippen molar-refractivity contribution in [2.75, 3.05) is 0 Å². The molecule has 0 saturated carbocycles. The molecule has 1 aromatic heterocycles. The lowest BCUT2D eigenvalue weighted by Crippen LogP contribution is -2.04. The second-order valence-corrected chi connectivity index (χ2v) is 4.43. The average molecular weight is 241 g/mol. The van der Waals surface area contributed by atoms with E-state index in [1.807, 2.05) is 19.1 Å². The summed E-state index contributed by atoms with van der Waals surface area (Å²) in [7, 11) is 0. The lowest BCUT2D eigenvalue weighted by atomic mass is 10.2. The third kappa shape index (κ3) is 2.54. The van der Waals surface area contributed by atoms with Crippen molar-refractivity contribution >= 4 is 6.08 Å². The minimum Gasteiger partial charge on any atom is -0.392 e. The monoisotopic (exact) mass is 241 g/mol. The maximum atomic E-state index is 9.40. The van der Waals surface area contributed by atoms with Gasteiger partial charge < -0.3 is 9.67 Å². The number of rotatable bonds is 4. The Bertz CT molecular complexity index is 538. The van der Waals surface area contributed by atoms with Gasteiger partial charge in [0.05, 0.1) is 6.61 Å². The number of hydrogen-bond donors (Lipinski definition) is 1. The van der Waals surface area contributed by atoms with Gasteiger partial charge in [0, 0.05) is 23.5 Å². The predicted octanol–water partition coefficient (Wildman–Crippen LogP) is 3.37. The Morgan fingerprint density at radius 1 is 1.22 bits per heavy atom. The van der Waals surface area contributed by atoms with Crippen molar-refractivity contribution in [1.82, 2.24) is 4.57 Å². The quantitative estimate of drug-likeness (QED) is 0.872. The fraction of sp³-hybridized carbons (Fsp3) is 0.250. The van der Waals surface area contributed by atoms with Crippen molar-refractivity contribution in [3.63, 3.8) is 0 Å². The van der Waals surface area contributed by atoms with Crippen LogP contribution in [0.3, 0.4) is 0 Å². The molecular formula is C16H19NO. The fourth-order valence-corrected chi connectivity index (χ4v) is 2.22. The van der Waals surface area contributed by atoms with Crippen LogP contribution in [0.1, 0.15) is 29.4 Å². The minimum atomic E-state index is 0.0856. The molecule has 0 radical (unpaired) electrons. The highest BCUT2D eigenvalue weighted by atomic mass is 16.3. The van der Waals surface area contributed by atoms with Crippen molar-refractivity contribution in [2.45, 2.75) is 27.0 Å². The largest absolute Gasteiger partial charge is 0.392 e. The first-order valence-corrected chi connectivity index (χ1v) is 6.22. The zero-order chi connectivity index (χ0) is 13.0. The highest BCUT2D eigenvalue weighted by Gasteiger charge is 2.09. The van der Waals surface area contributed by atoms with Gasteiger partial charge in [0.15, 0.2) is 0 Å². The van der Waals surface area contributed by atoms with E-state index in [0.717, 1.165) is 17.8 Å². The Balaban J connectivity index is 2.40. The van der Waals surface area contributed by atoms with Crippen LogP contribution in [0.5, 0.6) is 0 Å². The van der Waals surface area contributed by atoms with Crippen LogP contribution < -0.4 is 0 Å². The van der Waals surface area contributed by atoms with Crippen molar-refractivity contribution in [1.29, 1.82) is 0 Å². The zero-order valence-electron chi connectivity index (χ0n) is 10.9. The molecule has 2 nitrogen and oxygen atoms in total. The van der Waals surface area contributed by atoms with Crippen molar-refractivity contribution in [3.05, 3.63) is 65.0 Å². The van der Waals surface area contributed by atoms with Crippen LogP contribution in [0.15, 0.2) is 42.5 Å². The van der Waals surface area contributed by atoms with Crippen LogP contribution in [-0.2, 0) is 13.2 Å². The van der Waals surface area contributed by atoms with Gasteiger partial charge in [-0.2, -0.15) is 0 Å². The fourth-order valence-electron chi connectivity index (χ4n) is 2.22. The van der Waals surface area contributed by atoms with E-state index >= 15 is 0 Å². The van der Waals surface area contributed by atoms with E-state index in [-0.39, 0.29) is 6.61 Å². The molecule has 1 aromatic carbocycles. The molecule has 0 saturated heterocycles. The number of aryl methyl sites for hydroxylation is 1. The van der Waals surface area contributed by atoms with Gasteiger partial charge in [0.1, 0.15) is 0 Å². The van der Waals surface area contributed by atoms with Gasteiger partial charge in [-0.25, -0.2) is 0 Å². The third-order valence-electron chi connectivity index (χ3n) is 3.11. The summed E-state index contributed by atoms with van der Waals surface area (Å²) in [5.74, 6) is 0. The van der Waals surface area contributed by atoms with Crippen molar-refractivity contribution < 1.29 is 5.11 Å². The van der Waals surface area contributed by atoms with E-state index in [0.29, 0.717) is 0 Å². The lowest BCUT2D eigenvalue weighted by molar-refractivity contribution is 0.281. The Kier molecular flexibility index (Phi) is 4.00. The van der Waals surface area contributed by atoms with Crippen LogP contribution in [0.25, 0.3) is 6.08 Å². The summed E-state index contributed by atoms with van der Waals surface area (Å²) in [5, 5.41) is 9.40. The number of aliphatic hydroxyl groups is 1. The molecule has 0 aliphatic heterocycles. The lowest BCUT2D eigenvalue weighted by Gasteiger charge is -2.10. The summed E-state index contributed by atoms with van der Waals surface area (Å²) >= 11 is 0. The Hall–Kier alpha value is -1.80. The molecule has 94 valence electrons. The molecule has 1 heterocycles. The maximum absolute atomic E-state index is 9.40. The molecule has 0 atom stereocenters. The molecule has 2 rings (SSSR count). The second-order valence-electron chi connectivity index (χ2n) is 4.43. The Labute approximate surface area is 108 Å². The standard InChI is InChI=1S/C16H19NO/c1-3-7-16-15(12-18)10-13(2)17(16)11-14-8-5-4-6-9-14/h3-10,18H,11-12H2,1-2H3/b7-3-. The Morgan fingerprint density at radius 2 is 1.94 bits per heavy atom. The predicted molar refractivity (Wildman–Crippen MR) is 75.3 cm³/mol. The van der Waals surface area contributed by atoms with Gasteiger partial charge >= 0.3 is 0 Å². The van der Waals surface area contributed by atoms with E-state index < -0.39 is 0 Å². The smallest absolute Gasteiger partial charge is 0.0702 e. The van der Waals surface area contributed by atoms with Crippen LogP contribution in [0.2, 0.25) is 0 Å². The van der Waals surface area contributed by atoms with Gasteiger partial charge in [-0.3, -0.25) is 0 Å². The minimum absolute atomic E-state index is 0.0856. The van der Waals surface area contributed by atoms with Crippen LogP contribution >= 0.6 is 0 Å². The summed E-state index contributed by atoms with van der Waals surface area (Å²) in [6.07, 6.45) is 4.07. The molecule has 0 unspecified atom stereocenters. The van der Waals surface area contributed by atoms with Gasteiger partial charge in [-0.1, -0.05) is 36.4 Å². The van der Waals surface area contributed by atoms with E-state index in [9.17, 15) is 5.11 Å². The molecule has 18 heavy (non-hydrogen) atoms. The van der Waals surface area contributed by atoms with Gasteiger partial charge in [0.2, 0.25) is 0 Å². The third-order valence-corrected chi connectivity index (χ3v) is 3.11. The zero-order valence-corrected chi connectivity index (χ0v) is 10.9. The highest BCUT2D eigenvalue weighted by Crippen LogP contribution is 2.19. The molecule has 0 spiro atoms. The number of aromatic nitrogens is 1. The van der Waals surface area contributed by atoms with Crippen molar-refractivity contribution in [3.8, 4) is 0 Å². The first-order chi connectivity index (χ1) is 8.76. The van der Waals surface area contributed by atoms with Crippen LogP contribution in [0.4, 0.5) is 0 Å². The molecule has 0 aliphatic carbocycles. The summed E-state index contributed by atoms with van der Waals surface area (Å²) in [6.45, 7) is 5.00. The molecule has 2 aromatic rings. The van der Waals surface area contributed by atoms with E-state index in [2.05, 4.69) is 47.9 Å². The molecule has 2 heteroatoms. The van der Waals surface area contributed by atoms with E-state index in [1.54, 1.807) is 0 Å². The highest BCUT2D eigenvalue weighted by molar-refractivity contribution is 5.52. The summed E-state index contributed by atoms with van der Waals surface area (Å²) < 4.78 is 2.24. The first-order valence-electron chi connectivity index (χ1n) is 6.22. The van der Waals surface area contributed by atoms with E-state index in [4.69, 9.17) is 0 Å². The molecule has 1 N–H and O–H groups in total. The molecule has 0 fully saturated rings.